The van der Waals surface area contributed by atoms with E-state index in [0.29, 0.717) is 6.54 Å². The average Bonchev–Trinajstić information content (AvgIpc) is 2.54. The van der Waals surface area contributed by atoms with Crippen LogP contribution in [0.4, 0.5) is 17.8 Å². The predicted molar refractivity (Wildman–Crippen MR) is 95.7 cm³/mol. The lowest BCUT2D eigenvalue weighted by molar-refractivity contribution is -0.136. The first kappa shape index (κ1) is 22.3. The topological polar surface area (TPSA) is 213 Å². The molecule has 0 atom stereocenters. The van der Waals surface area contributed by atoms with Gasteiger partial charge in [-0.05, 0) is 6.42 Å². The van der Waals surface area contributed by atoms with E-state index in [2.05, 4.69) is 30.3 Å². The molecule has 0 aliphatic rings. The Morgan fingerprint density at radius 1 is 1.00 bits per heavy atom. The summed E-state index contributed by atoms with van der Waals surface area (Å²) < 4.78 is 23.7. The van der Waals surface area contributed by atoms with Gasteiger partial charge < -0.3 is 25.7 Å². The van der Waals surface area contributed by atoms with E-state index in [1.54, 1.807) is 0 Å². The molecule has 1 aromatic rings. The molecule has 27 heavy (non-hydrogen) atoms. The number of nitrogens with zero attached hydrogens (tertiary/aromatic N) is 4. The highest BCUT2D eigenvalue weighted by Crippen LogP contribution is 2.13. The summed E-state index contributed by atoms with van der Waals surface area (Å²) in [5, 5.41) is 28.4. The Bertz CT molecular complexity index is 742. The summed E-state index contributed by atoms with van der Waals surface area (Å²) >= 11 is 0. The van der Waals surface area contributed by atoms with Crippen LogP contribution in [0.25, 0.3) is 0 Å². The van der Waals surface area contributed by atoms with Gasteiger partial charge in [-0.2, -0.15) is 23.4 Å². The number of aliphatic carboxylic acids is 2. The van der Waals surface area contributed by atoms with Crippen molar-refractivity contribution >= 4 is 40.0 Å². The van der Waals surface area contributed by atoms with Crippen molar-refractivity contribution in [3.8, 4) is 0 Å². The first-order valence-electron chi connectivity index (χ1n) is 7.80. The summed E-state index contributed by atoms with van der Waals surface area (Å²) in [5.41, 5.74) is 0. The van der Waals surface area contributed by atoms with Gasteiger partial charge in [-0.3, -0.25) is 9.59 Å². The molecular formula is C12H22N8O6S. The number of carbonyl (C=O) groups is 2. The number of carboxylic acid groups (broad SMARTS) is 2. The summed E-state index contributed by atoms with van der Waals surface area (Å²) in [6, 6.07) is 0. The molecule has 1 heterocycles. The summed E-state index contributed by atoms with van der Waals surface area (Å²) in [6.45, 7) is 1.20. The number of aromatic nitrogens is 3. The van der Waals surface area contributed by atoms with Crippen molar-refractivity contribution in [3.05, 3.63) is 0 Å². The maximum atomic E-state index is 11.0. The average molecular weight is 406 g/mol. The van der Waals surface area contributed by atoms with Crippen LogP contribution in [0.1, 0.15) is 13.3 Å². The number of hydrogen-bond donors (Lipinski definition) is 6. The highest BCUT2D eigenvalue weighted by atomic mass is 32.2. The van der Waals surface area contributed by atoms with Crippen molar-refractivity contribution in [1.29, 1.82) is 0 Å². The van der Waals surface area contributed by atoms with E-state index in [4.69, 9.17) is 15.4 Å². The fourth-order valence-corrected chi connectivity index (χ4v) is 2.18. The van der Waals surface area contributed by atoms with Crippen molar-refractivity contribution in [2.75, 3.05) is 48.3 Å². The molecule has 0 spiro atoms. The molecule has 1 rings (SSSR count). The molecule has 0 unspecified atom stereocenters. The standard InChI is InChI=1S/C12H22N8O6S/c1-2-3-14-10-17-11(15-4-5-16-27(13,25)26)19-12(18-10)20(6-8(21)22)7-9(23)24/h16H,2-7H2,1H3,(H,21,22)(H,23,24)(H2,13,25,26)(H2,14,15,17,18,19). The van der Waals surface area contributed by atoms with E-state index in [9.17, 15) is 18.0 Å². The van der Waals surface area contributed by atoms with E-state index < -0.39 is 35.2 Å². The fourth-order valence-electron chi connectivity index (χ4n) is 1.79. The van der Waals surface area contributed by atoms with Crippen molar-refractivity contribution in [2.24, 2.45) is 5.14 Å². The van der Waals surface area contributed by atoms with E-state index in [1.807, 2.05) is 6.92 Å². The van der Waals surface area contributed by atoms with Crippen LogP contribution >= 0.6 is 0 Å². The van der Waals surface area contributed by atoms with Crippen molar-refractivity contribution in [3.63, 3.8) is 0 Å². The first-order valence-corrected chi connectivity index (χ1v) is 9.35. The van der Waals surface area contributed by atoms with Crippen molar-refractivity contribution < 1.29 is 28.2 Å². The molecular weight excluding hydrogens is 384 g/mol. The normalized spacial score (nSPS) is 11.0. The van der Waals surface area contributed by atoms with Crippen LogP contribution in [0.15, 0.2) is 0 Å². The summed E-state index contributed by atoms with van der Waals surface area (Å²) in [5.74, 6) is -2.55. The molecule has 0 fully saturated rings. The van der Waals surface area contributed by atoms with E-state index in [0.717, 1.165) is 11.3 Å². The SMILES string of the molecule is CCCNc1nc(NCCNS(N)(=O)=O)nc(N(CC(=O)O)CC(=O)O)n1. The Morgan fingerprint density at radius 3 is 1.96 bits per heavy atom. The molecule has 0 aliphatic heterocycles. The number of carboxylic acids is 2. The molecule has 0 saturated carbocycles. The molecule has 0 aliphatic carbocycles. The van der Waals surface area contributed by atoms with E-state index in [1.165, 1.54) is 0 Å². The largest absolute Gasteiger partial charge is 0.480 e. The van der Waals surface area contributed by atoms with Gasteiger partial charge >= 0.3 is 11.9 Å². The maximum absolute atomic E-state index is 11.0. The second kappa shape index (κ2) is 10.4. The molecule has 15 heteroatoms. The monoisotopic (exact) mass is 406 g/mol. The smallest absolute Gasteiger partial charge is 0.323 e. The van der Waals surface area contributed by atoms with Crippen LogP contribution in [0, 0.1) is 0 Å². The maximum Gasteiger partial charge on any atom is 0.323 e. The fraction of sp³-hybridized carbons (Fsp3) is 0.583. The van der Waals surface area contributed by atoms with E-state index >= 15 is 0 Å². The number of nitrogens with one attached hydrogen (secondary N) is 3. The molecule has 0 bridgehead atoms. The highest BCUT2D eigenvalue weighted by Gasteiger charge is 2.19. The number of anilines is 3. The lowest BCUT2D eigenvalue weighted by atomic mass is 10.5. The van der Waals surface area contributed by atoms with Gasteiger partial charge in [0, 0.05) is 19.6 Å². The van der Waals surface area contributed by atoms with Crippen LogP contribution in [-0.2, 0) is 19.8 Å². The van der Waals surface area contributed by atoms with Crippen LogP contribution in [0.3, 0.4) is 0 Å². The number of hydrogen-bond acceptors (Lipinski definition) is 10. The van der Waals surface area contributed by atoms with Gasteiger partial charge in [-0.15, -0.1) is 0 Å². The Labute approximate surface area is 155 Å². The Kier molecular flexibility index (Phi) is 8.57. The third-order valence-electron chi connectivity index (χ3n) is 2.80. The van der Waals surface area contributed by atoms with Gasteiger partial charge in [-0.1, -0.05) is 6.92 Å². The molecule has 14 nitrogen and oxygen atoms in total. The van der Waals surface area contributed by atoms with Gasteiger partial charge in [0.25, 0.3) is 10.2 Å². The van der Waals surface area contributed by atoms with Gasteiger partial charge in [-0.25, -0.2) is 9.86 Å². The van der Waals surface area contributed by atoms with Crippen molar-refractivity contribution in [1.82, 2.24) is 19.7 Å². The predicted octanol–water partition coefficient (Wildman–Crippen LogP) is -2.13. The zero-order valence-corrected chi connectivity index (χ0v) is 15.4. The minimum absolute atomic E-state index is 0.00981. The van der Waals surface area contributed by atoms with Crippen LogP contribution in [0.5, 0.6) is 0 Å². The lowest BCUT2D eigenvalue weighted by Crippen LogP contribution is -2.36. The zero-order chi connectivity index (χ0) is 20.4. The van der Waals surface area contributed by atoms with Gasteiger partial charge in [0.05, 0.1) is 0 Å². The van der Waals surface area contributed by atoms with Gasteiger partial charge in [0.1, 0.15) is 13.1 Å². The van der Waals surface area contributed by atoms with Crippen LogP contribution < -0.4 is 25.4 Å². The third kappa shape index (κ3) is 9.47. The zero-order valence-electron chi connectivity index (χ0n) is 14.5. The molecule has 7 N–H and O–H groups in total. The Balaban J connectivity index is 3.02. The second-order valence-corrected chi connectivity index (χ2v) is 6.60. The van der Waals surface area contributed by atoms with Crippen LogP contribution in [-0.4, -0.2) is 78.2 Å². The number of nitrogens with two attached hydrogens (primary N) is 1. The van der Waals surface area contributed by atoms with E-state index in [-0.39, 0.29) is 30.9 Å². The molecule has 0 aromatic carbocycles. The minimum atomic E-state index is -3.84. The highest BCUT2D eigenvalue weighted by molar-refractivity contribution is 7.87. The minimum Gasteiger partial charge on any atom is -0.480 e. The molecule has 0 radical (unpaired) electrons. The second-order valence-electron chi connectivity index (χ2n) is 5.22. The van der Waals surface area contributed by atoms with Gasteiger partial charge in [0.15, 0.2) is 0 Å². The number of rotatable bonds is 13. The Morgan fingerprint density at radius 2 is 1.52 bits per heavy atom. The first-order chi connectivity index (χ1) is 12.6. The summed E-state index contributed by atoms with van der Waals surface area (Å²) in [4.78, 5) is 35.1. The lowest BCUT2D eigenvalue weighted by Gasteiger charge is -2.19. The molecule has 152 valence electrons. The van der Waals surface area contributed by atoms with Crippen molar-refractivity contribution in [2.45, 2.75) is 13.3 Å². The van der Waals surface area contributed by atoms with Gasteiger partial charge in [0.2, 0.25) is 17.8 Å². The Hall–Kier alpha value is -2.78. The molecule has 0 amide bonds. The summed E-state index contributed by atoms with van der Waals surface area (Å²) in [6.07, 6.45) is 0.760. The quantitative estimate of drug-likeness (QED) is 0.194. The van der Waals surface area contributed by atoms with Crippen LogP contribution in [0.2, 0.25) is 0 Å². The molecule has 0 saturated heterocycles. The summed E-state index contributed by atoms with van der Waals surface area (Å²) in [7, 11) is -3.84. The third-order valence-corrected chi connectivity index (χ3v) is 3.41. The molecule has 1 aromatic heterocycles.